The van der Waals surface area contributed by atoms with Crippen LogP contribution in [-0.4, -0.2) is 32.5 Å². The molecule has 0 aliphatic heterocycles. The van der Waals surface area contributed by atoms with Crippen LogP contribution in [0.25, 0.3) is 0 Å². The molecular weight excluding hydrogens is 248 g/mol. The van der Waals surface area contributed by atoms with Gasteiger partial charge in [-0.05, 0) is 45.4 Å². The summed E-state index contributed by atoms with van der Waals surface area (Å²) in [5.41, 5.74) is 3.16. The number of pyridine rings is 1. The fraction of sp³-hybridized carbons (Fsp3) is 0.615. The van der Waals surface area contributed by atoms with Crippen molar-refractivity contribution in [1.29, 1.82) is 0 Å². The van der Waals surface area contributed by atoms with Crippen molar-refractivity contribution in [2.24, 2.45) is 0 Å². The summed E-state index contributed by atoms with van der Waals surface area (Å²) >= 11 is 0. The van der Waals surface area contributed by atoms with Gasteiger partial charge in [0.2, 0.25) is 0 Å². The van der Waals surface area contributed by atoms with Crippen molar-refractivity contribution in [3.63, 3.8) is 0 Å². The van der Waals surface area contributed by atoms with E-state index in [0.29, 0.717) is 6.42 Å². The second kappa shape index (κ2) is 6.29. The Hall–Kier alpha value is -0.940. The lowest BCUT2D eigenvalue weighted by Gasteiger charge is -2.18. The molecule has 0 aliphatic rings. The van der Waals surface area contributed by atoms with Crippen LogP contribution in [-0.2, 0) is 9.84 Å². The molecule has 0 bridgehead atoms. The molecule has 0 aromatic carbocycles. The summed E-state index contributed by atoms with van der Waals surface area (Å²) in [6.07, 6.45) is 2.74. The van der Waals surface area contributed by atoms with Crippen LogP contribution in [0.4, 0.5) is 0 Å². The standard InChI is InChI=1S/C13H22N2O2S/c1-10-7-8-12(11(2)15-10)13(14-3)6-5-9-18(4,16)17/h7-8,13-14H,5-6,9H2,1-4H3. The van der Waals surface area contributed by atoms with E-state index in [2.05, 4.69) is 16.4 Å². The van der Waals surface area contributed by atoms with Crippen LogP contribution < -0.4 is 5.32 Å². The van der Waals surface area contributed by atoms with E-state index in [1.165, 1.54) is 6.26 Å². The third-order valence-electron chi connectivity index (χ3n) is 3.00. The quantitative estimate of drug-likeness (QED) is 0.856. The normalized spacial score (nSPS) is 13.6. The summed E-state index contributed by atoms with van der Waals surface area (Å²) in [5, 5.41) is 3.23. The van der Waals surface area contributed by atoms with Gasteiger partial charge in [-0.25, -0.2) is 8.42 Å². The zero-order valence-corrected chi connectivity index (χ0v) is 12.3. The van der Waals surface area contributed by atoms with Gasteiger partial charge < -0.3 is 5.32 Å². The summed E-state index contributed by atoms with van der Waals surface area (Å²) in [4.78, 5) is 4.44. The van der Waals surface area contributed by atoms with Gasteiger partial charge in [0, 0.05) is 29.4 Å². The van der Waals surface area contributed by atoms with E-state index in [4.69, 9.17) is 0 Å². The third-order valence-corrected chi connectivity index (χ3v) is 4.03. The van der Waals surface area contributed by atoms with Gasteiger partial charge >= 0.3 is 0 Å². The van der Waals surface area contributed by atoms with E-state index in [1.807, 2.05) is 27.0 Å². The number of aryl methyl sites for hydroxylation is 2. The Kier molecular flexibility index (Phi) is 5.28. The smallest absolute Gasteiger partial charge is 0.147 e. The highest BCUT2D eigenvalue weighted by Crippen LogP contribution is 2.21. The number of rotatable bonds is 6. The Morgan fingerprint density at radius 1 is 1.33 bits per heavy atom. The molecule has 0 saturated heterocycles. The van der Waals surface area contributed by atoms with Gasteiger partial charge in [-0.2, -0.15) is 0 Å². The maximum atomic E-state index is 11.1. The summed E-state index contributed by atoms with van der Waals surface area (Å²) in [6.45, 7) is 3.96. The van der Waals surface area contributed by atoms with Gasteiger partial charge in [-0.3, -0.25) is 4.98 Å². The minimum absolute atomic E-state index is 0.167. The van der Waals surface area contributed by atoms with Gasteiger partial charge in [0.05, 0.1) is 0 Å². The Bertz CT molecular complexity index is 498. The number of hydrogen-bond acceptors (Lipinski definition) is 4. The second-order valence-corrected chi connectivity index (χ2v) is 7.00. The number of hydrogen-bond donors (Lipinski definition) is 1. The topological polar surface area (TPSA) is 59.1 Å². The highest BCUT2D eigenvalue weighted by atomic mass is 32.2. The summed E-state index contributed by atoms with van der Waals surface area (Å²) in [7, 11) is -0.977. The maximum absolute atomic E-state index is 11.1. The van der Waals surface area contributed by atoms with Gasteiger partial charge in [0.25, 0.3) is 0 Å². The monoisotopic (exact) mass is 270 g/mol. The van der Waals surface area contributed by atoms with Crippen LogP contribution >= 0.6 is 0 Å². The van der Waals surface area contributed by atoms with Crippen LogP contribution in [0.1, 0.15) is 35.8 Å². The lowest BCUT2D eigenvalue weighted by molar-refractivity contribution is 0.532. The highest BCUT2D eigenvalue weighted by molar-refractivity contribution is 7.90. The maximum Gasteiger partial charge on any atom is 0.147 e. The fourth-order valence-electron chi connectivity index (χ4n) is 2.07. The minimum atomic E-state index is -2.87. The molecule has 102 valence electrons. The molecule has 1 aromatic rings. The first-order chi connectivity index (χ1) is 8.33. The SMILES string of the molecule is CNC(CCCS(C)(=O)=O)c1ccc(C)nc1C. The summed E-state index contributed by atoms with van der Waals surface area (Å²) in [6, 6.07) is 4.22. The van der Waals surface area contributed by atoms with Crippen LogP contribution in [0, 0.1) is 13.8 Å². The summed E-state index contributed by atoms with van der Waals surface area (Å²) < 4.78 is 22.2. The molecule has 0 radical (unpaired) electrons. The van der Waals surface area contributed by atoms with Crippen molar-refractivity contribution in [2.75, 3.05) is 19.1 Å². The average Bonchev–Trinajstić information content (AvgIpc) is 2.24. The number of nitrogens with one attached hydrogen (secondary N) is 1. The van der Waals surface area contributed by atoms with Crippen LogP contribution in [0.2, 0.25) is 0 Å². The van der Waals surface area contributed by atoms with Gasteiger partial charge in [0.1, 0.15) is 9.84 Å². The fourth-order valence-corrected chi connectivity index (χ4v) is 2.76. The Morgan fingerprint density at radius 2 is 2.00 bits per heavy atom. The Balaban J connectivity index is 2.71. The van der Waals surface area contributed by atoms with Crippen LogP contribution in [0.5, 0.6) is 0 Å². The molecule has 4 nitrogen and oxygen atoms in total. The molecule has 0 fully saturated rings. The molecule has 1 rings (SSSR count). The predicted molar refractivity (Wildman–Crippen MR) is 74.5 cm³/mol. The van der Waals surface area contributed by atoms with Crippen molar-refractivity contribution in [1.82, 2.24) is 10.3 Å². The first-order valence-electron chi connectivity index (χ1n) is 6.12. The second-order valence-electron chi connectivity index (χ2n) is 4.74. The zero-order valence-electron chi connectivity index (χ0n) is 11.5. The first kappa shape index (κ1) is 15.1. The van der Waals surface area contributed by atoms with E-state index in [1.54, 1.807) is 0 Å². The molecule has 1 aromatic heterocycles. The molecule has 0 amide bonds. The van der Waals surface area contributed by atoms with Gasteiger partial charge in [0.15, 0.2) is 0 Å². The highest BCUT2D eigenvalue weighted by Gasteiger charge is 2.13. The Morgan fingerprint density at radius 3 is 2.50 bits per heavy atom. The van der Waals surface area contributed by atoms with E-state index < -0.39 is 9.84 Å². The average molecular weight is 270 g/mol. The van der Waals surface area contributed by atoms with Crippen molar-refractivity contribution in [3.8, 4) is 0 Å². The van der Waals surface area contributed by atoms with Gasteiger partial charge in [-0.15, -0.1) is 0 Å². The molecule has 1 heterocycles. The zero-order chi connectivity index (χ0) is 13.8. The molecule has 5 heteroatoms. The molecule has 1 unspecified atom stereocenters. The Labute approximate surface area is 110 Å². The van der Waals surface area contributed by atoms with Crippen molar-refractivity contribution >= 4 is 9.84 Å². The van der Waals surface area contributed by atoms with E-state index in [0.717, 1.165) is 23.4 Å². The predicted octanol–water partition coefficient (Wildman–Crippen LogP) is 1.78. The van der Waals surface area contributed by atoms with Crippen molar-refractivity contribution in [2.45, 2.75) is 32.7 Å². The molecule has 0 spiro atoms. The van der Waals surface area contributed by atoms with Crippen molar-refractivity contribution in [3.05, 3.63) is 29.1 Å². The first-order valence-corrected chi connectivity index (χ1v) is 8.18. The minimum Gasteiger partial charge on any atom is -0.313 e. The number of aromatic nitrogens is 1. The van der Waals surface area contributed by atoms with E-state index in [9.17, 15) is 8.42 Å². The summed E-state index contributed by atoms with van der Waals surface area (Å²) in [5.74, 6) is 0.240. The molecular formula is C13H22N2O2S. The van der Waals surface area contributed by atoms with E-state index >= 15 is 0 Å². The third kappa shape index (κ3) is 4.74. The van der Waals surface area contributed by atoms with Crippen LogP contribution in [0.3, 0.4) is 0 Å². The lowest BCUT2D eigenvalue weighted by Crippen LogP contribution is -2.19. The molecule has 0 aliphatic carbocycles. The molecule has 1 N–H and O–H groups in total. The number of nitrogens with zero attached hydrogens (tertiary/aromatic N) is 1. The van der Waals surface area contributed by atoms with Gasteiger partial charge in [-0.1, -0.05) is 6.07 Å². The van der Waals surface area contributed by atoms with Crippen LogP contribution in [0.15, 0.2) is 12.1 Å². The largest absolute Gasteiger partial charge is 0.313 e. The molecule has 1 atom stereocenters. The molecule has 18 heavy (non-hydrogen) atoms. The molecule has 0 saturated carbocycles. The lowest BCUT2D eigenvalue weighted by atomic mass is 10.0. The van der Waals surface area contributed by atoms with E-state index in [-0.39, 0.29) is 11.8 Å². The number of sulfone groups is 1. The van der Waals surface area contributed by atoms with Crippen molar-refractivity contribution < 1.29 is 8.42 Å².